The highest BCUT2D eigenvalue weighted by atomic mass is 16.2. The fourth-order valence-corrected chi connectivity index (χ4v) is 4.84. The molecular formula is C19H26N4O3. The Balaban J connectivity index is 1.61. The van der Waals surface area contributed by atoms with Crippen LogP contribution in [0, 0.1) is 11.3 Å². The Kier molecular flexibility index (Phi) is 4.04. The molecule has 7 heteroatoms. The second kappa shape index (κ2) is 6.14. The fraction of sp³-hybridized carbons (Fsp3) is 0.632. The largest absolute Gasteiger partial charge is 0.347 e. The molecule has 0 saturated carbocycles. The number of aromatic nitrogens is 1. The van der Waals surface area contributed by atoms with Crippen molar-refractivity contribution >= 4 is 17.7 Å². The normalized spacial score (nSPS) is 27.9. The molecule has 0 aromatic carbocycles. The number of nitrogens with zero attached hydrogens (tertiary/aromatic N) is 4. The third kappa shape index (κ3) is 2.52. The number of hydrogen-bond acceptors (Lipinski definition) is 3. The average molecular weight is 358 g/mol. The lowest BCUT2D eigenvalue weighted by Gasteiger charge is -2.32. The summed E-state index contributed by atoms with van der Waals surface area (Å²) < 4.78 is 1.81. The van der Waals surface area contributed by atoms with Crippen LogP contribution in [0.25, 0.3) is 0 Å². The van der Waals surface area contributed by atoms with Crippen molar-refractivity contribution in [2.75, 3.05) is 39.3 Å². The summed E-state index contributed by atoms with van der Waals surface area (Å²) in [4.78, 5) is 43.8. The fourth-order valence-electron chi connectivity index (χ4n) is 4.84. The van der Waals surface area contributed by atoms with Gasteiger partial charge in [0.15, 0.2) is 0 Å². The Hall–Kier alpha value is -2.31. The van der Waals surface area contributed by atoms with Gasteiger partial charge in [0.2, 0.25) is 11.8 Å². The molecule has 3 aliphatic heterocycles. The van der Waals surface area contributed by atoms with Crippen LogP contribution in [0.2, 0.25) is 0 Å². The Morgan fingerprint density at radius 1 is 1.04 bits per heavy atom. The molecule has 0 radical (unpaired) electrons. The van der Waals surface area contributed by atoms with Gasteiger partial charge in [0.25, 0.3) is 5.91 Å². The van der Waals surface area contributed by atoms with Crippen molar-refractivity contribution in [3.8, 4) is 0 Å². The number of carbonyl (C=O) groups excluding carboxylic acids is 3. The molecule has 1 aromatic heterocycles. The van der Waals surface area contributed by atoms with E-state index in [1.165, 1.54) is 0 Å². The summed E-state index contributed by atoms with van der Waals surface area (Å²) in [6.45, 7) is 5.07. The van der Waals surface area contributed by atoms with E-state index in [1.807, 2.05) is 39.7 Å². The SMILES string of the molecule is CC(=O)N1C[C@H]2CN(C(=O)c3cccn3C)C[C@@]2(C(=O)N2CCCC2)C1. The summed E-state index contributed by atoms with van der Waals surface area (Å²) in [7, 11) is 1.85. The lowest BCUT2D eigenvalue weighted by molar-refractivity contribution is -0.141. The van der Waals surface area contributed by atoms with Crippen molar-refractivity contribution in [1.29, 1.82) is 0 Å². The molecule has 2 atom stereocenters. The zero-order valence-corrected chi connectivity index (χ0v) is 15.5. The van der Waals surface area contributed by atoms with E-state index in [9.17, 15) is 14.4 Å². The van der Waals surface area contributed by atoms with Crippen LogP contribution in [0.4, 0.5) is 0 Å². The molecule has 3 amide bonds. The zero-order chi connectivity index (χ0) is 18.5. The van der Waals surface area contributed by atoms with Gasteiger partial charge in [-0.1, -0.05) is 0 Å². The summed E-state index contributed by atoms with van der Waals surface area (Å²) in [5, 5.41) is 0. The maximum absolute atomic E-state index is 13.4. The first-order chi connectivity index (χ1) is 12.4. The third-order valence-corrected chi connectivity index (χ3v) is 6.32. The zero-order valence-electron chi connectivity index (χ0n) is 15.5. The first kappa shape index (κ1) is 17.1. The van der Waals surface area contributed by atoms with E-state index in [1.54, 1.807) is 11.8 Å². The molecule has 0 aliphatic carbocycles. The van der Waals surface area contributed by atoms with Gasteiger partial charge in [0, 0.05) is 65.4 Å². The molecule has 3 fully saturated rings. The highest BCUT2D eigenvalue weighted by Gasteiger charge is 2.59. The molecule has 0 bridgehead atoms. The van der Waals surface area contributed by atoms with Gasteiger partial charge in [-0.2, -0.15) is 0 Å². The van der Waals surface area contributed by atoms with Crippen molar-refractivity contribution in [1.82, 2.24) is 19.3 Å². The molecule has 1 aromatic rings. The minimum Gasteiger partial charge on any atom is -0.347 e. The van der Waals surface area contributed by atoms with Gasteiger partial charge in [0.05, 0.1) is 5.41 Å². The average Bonchev–Trinajstić information content (AvgIpc) is 3.36. The minimum atomic E-state index is -0.642. The van der Waals surface area contributed by atoms with E-state index in [0.717, 1.165) is 25.9 Å². The van der Waals surface area contributed by atoms with Crippen LogP contribution in [-0.4, -0.2) is 76.3 Å². The van der Waals surface area contributed by atoms with Crippen molar-refractivity contribution in [2.24, 2.45) is 18.4 Å². The van der Waals surface area contributed by atoms with Crippen LogP contribution in [0.3, 0.4) is 0 Å². The van der Waals surface area contributed by atoms with Crippen molar-refractivity contribution in [2.45, 2.75) is 19.8 Å². The maximum Gasteiger partial charge on any atom is 0.270 e. The number of amides is 3. The highest BCUT2D eigenvalue weighted by Crippen LogP contribution is 2.45. The Bertz CT molecular complexity index is 752. The van der Waals surface area contributed by atoms with E-state index in [2.05, 4.69) is 0 Å². The Morgan fingerprint density at radius 3 is 2.31 bits per heavy atom. The number of hydrogen-bond donors (Lipinski definition) is 0. The molecule has 0 unspecified atom stereocenters. The van der Waals surface area contributed by atoms with Crippen LogP contribution in [0.1, 0.15) is 30.3 Å². The van der Waals surface area contributed by atoms with Crippen molar-refractivity contribution in [3.05, 3.63) is 24.0 Å². The lowest BCUT2D eigenvalue weighted by atomic mass is 9.79. The summed E-state index contributed by atoms with van der Waals surface area (Å²) in [5.41, 5.74) is -0.00576. The van der Waals surface area contributed by atoms with Crippen molar-refractivity contribution in [3.63, 3.8) is 0 Å². The van der Waals surface area contributed by atoms with Gasteiger partial charge in [-0.05, 0) is 25.0 Å². The van der Waals surface area contributed by atoms with Crippen LogP contribution in [-0.2, 0) is 16.6 Å². The highest BCUT2D eigenvalue weighted by molar-refractivity contribution is 5.95. The number of carbonyl (C=O) groups is 3. The standard InChI is InChI=1S/C19H26N4O3/c1-14(24)22-10-15-11-23(17(25)16-6-5-7-20(16)2)13-19(15,12-22)18(26)21-8-3-4-9-21/h5-7,15H,3-4,8-13H2,1-2H3/t15-,19-/m0/s1. The molecule has 4 heterocycles. The summed E-state index contributed by atoms with van der Waals surface area (Å²) in [6, 6.07) is 3.67. The summed E-state index contributed by atoms with van der Waals surface area (Å²) in [5.74, 6) is 0.123. The molecule has 140 valence electrons. The monoisotopic (exact) mass is 358 g/mol. The molecule has 7 nitrogen and oxygen atoms in total. The van der Waals surface area contributed by atoms with Gasteiger partial charge in [-0.15, -0.1) is 0 Å². The smallest absolute Gasteiger partial charge is 0.270 e. The lowest BCUT2D eigenvalue weighted by Crippen LogP contribution is -2.49. The second-order valence-electron chi connectivity index (χ2n) is 7.94. The molecule has 3 saturated heterocycles. The van der Waals surface area contributed by atoms with Crippen LogP contribution >= 0.6 is 0 Å². The first-order valence-electron chi connectivity index (χ1n) is 9.38. The van der Waals surface area contributed by atoms with Crippen molar-refractivity contribution < 1.29 is 14.4 Å². The van der Waals surface area contributed by atoms with E-state index in [4.69, 9.17) is 0 Å². The molecule has 3 aliphatic rings. The molecular weight excluding hydrogens is 332 g/mol. The van der Waals surface area contributed by atoms with Gasteiger partial charge >= 0.3 is 0 Å². The molecule has 4 rings (SSSR count). The van der Waals surface area contributed by atoms with Gasteiger partial charge in [-0.25, -0.2) is 0 Å². The number of rotatable bonds is 2. The molecule has 0 N–H and O–H groups in total. The summed E-state index contributed by atoms with van der Waals surface area (Å²) >= 11 is 0. The number of fused-ring (bicyclic) bond motifs is 1. The topological polar surface area (TPSA) is 65.9 Å². The van der Waals surface area contributed by atoms with E-state index in [0.29, 0.717) is 31.9 Å². The molecule has 0 spiro atoms. The molecule has 26 heavy (non-hydrogen) atoms. The quantitative estimate of drug-likeness (QED) is 0.776. The second-order valence-corrected chi connectivity index (χ2v) is 7.94. The van der Waals surface area contributed by atoms with Gasteiger partial charge in [-0.3, -0.25) is 14.4 Å². The Labute approximate surface area is 153 Å². The predicted octanol–water partition coefficient (Wildman–Crippen LogP) is 0.568. The summed E-state index contributed by atoms with van der Waals surface area (Å²) in [6.07, 6.45) is 3.93. The Morgan fingerprint density at radius 2 is 1.69 bits per heavy atom. The minimum absolute atomic E-state index is 0.00769. The van der Waals surface area contributed by atoms with Crippen LogP contribution < -0.4 is 0 Å². The van der Waals surface area contributed by atoms with Gasteiger partial charge < -0.3 is 19.3 Å². The van der Waals surface area contributed by atoms with Crippen LogP contribution in [0.5, 0.6) is 0 Å². The van der Waals surface area contributed by atoms with Gasteiger partial charge in [0.1, 0.15) is 5.69 Å². The van der Waals surface area contributed by atoms with E-state index >= 15 is 0 Å². The predicted molar refractivity (Wildman–Crippen MR) is 95.3 cm³/mol. The number of likely N-dealkylation sites (tertiary alicyclic amines) is 3. The maximum atomic E-state index is 13.4. The van der Waals surface area contributed by atoms with E-state index in [-0.39, 0.29) is 23.6 Å². The van der Waals surface area contributed by atoms with E-state index < -0.39 is 5.41 Å². The first-order valence-corrected chi connectivity index (χ1v) is 9.38. The third-order valence-electron chi connectivity index (χ3n) is 6.32. The van der Waals surface area contributed by atoms with Crippen LogP contribution in [0.15, 0.2) is 18.3 Å². The number of aryl methyl sites for hydroxylation is 1.